The molecule has 0 amide bonds. The smallest absolute Gasteiger partial charge is 0.165 e. The van der Waals surface area contributed by atoms with Gasteiger partial charge in [-0.3, -0.25) is 0 Å². The van der Waals surface area contributed by atoms with Crippen LogP contribution in [0, 0.1) is 55.4 Å². The van der Waals surface area contributed by atoms with E-state index in [2.05, 4.69) is 153 Å². The molecular weight excluding hydrogens is 600 g/mol. The second-order valence-electron chi connectivity index (χ2n) is 11.5. The molecule has 0 fully saturated rings. The van der Waals surface area contributed by atoms with Crippen molar-refractivity contribution in [2.24, 2.45) is 0 Å². The number of fused-ring (bicyclic) bond motifs is 2. The Morgan fingerprint density at radius 1 is 0.452 bits per heavy atom. The third-order valence-electron chi connectivity index (χ3n) is 8.49. The Labute approximate surface area is 275 Å². The first-order valence-corrected chi connectivity index (χ1v) is 16.6. The van der Waals surface area contributed by atoms with E-state index in [0.29, 0.717) is 0 Å². The van der Waals surface area contributed by atoms with Crippen LogP contribution in [-0.2, 0) is 26.2 Å². The molecule has 0 nitrogen and oxygen atoms in total. The molecule has 2 radical (unpaired) electrons. The van der Waals surface area contributed by atoms with Gasteiger partial charge in [0.25, 0.3) is 0 Å². The fourth-order valence-electron chi connectivity index (χ4n) is 5.73. The summed E-state index contributed by atoms with van der Waals surface area (Å²) in [7, 11) is 1.08. The van der Waals surface area contributed by atoms with Crippen LogP contribution in [0.4, 0.5) is 0 Å². The molecule has 42 heavy (non-hydrogen) atoms. The summed E-state index contributed by atoms with van der Waals surface area (Å²) in [5.41, 5.74) is 16.4. The van der Waals surface area contributed by atoms with E-state index in [4.69, 9.17) is 0 Å². The first kappa shape index (κ1) is 33.7. The maximum absolute atomic E-state index is 2.29. The van der Waals surface area contributed by atoms with Crippen LogP contribution in [0.25, 0.3) is 43.8 Å². The van der Waals surface area contributed by atoms with Crippen LogP contribution in [0.3, 0.4) is 0 Å². The predicted octanol–water partition coefficient (Wildman–Crippen LogP) is 11.7. The second-order valence-corrected chi connectivity index (χ2v) is 12.5. The summed E-state index contributed by atoms with van der Waals surface area (Å²) < 4.78 is 0. The van der Waals surface area contributed by atoms with E-state index in [1.807, 2.05) is 0 Å². The molecule has 2 heteroatoms. The SMILES string of the molecule is C[Si]C.Cc1cc2c(-c3ccc(C)c(C)c3C)cccc2[cH-]1.Cc1cc2c(-c3ccc(C)c(C)c3C)cccc2[cH-]1.[Zr+2]. The molecule has 0 bridgehead atoms. The molecule has 6 aromatic rings. The molecule has 6 rings (SSSR count). The minimum atomic E-state index is 0. The van der Waals surface area contributed by atoms with Gasteiger partial charge < -0.3 is 0 Å². The summed E-state index contributed by atoms with van der Waals surface area (Å²) in [5, 5.41) is 5.41. The van der Waals surface area contributed by atoms with Crippen molar-refractivity contribution in [2.75, 3.05) is 0 Å². The molecule has 0 unspecified atom stereocenters. The van der Waals surface area contributed by atoms with Crippen molar-refractivity contribution in [1.29, 1.82) is 0 Å². The molecule has 6 aromatic carbocycles. The van der Waals surface area contributed by atoms with E-state index in [-0.39, 0.29) is 26.2 Å². The Morgan fingerprint density at radius 2 is 0.810 bits per heavy atom. The molecule has 0 heterocycles. The summed E-state index contributed by atoms with van der Waals surface area (Å²) in [5.74, 6) is 0. The Balaban J connectivity index is 0.000000207. The van der Waals surface area contributed by atoms with Crippen LogP contribution >= 0.6 is 0 Å². The summed E-state index contributed by atoms with van der Waals surface area (Å²) in [6.45, 7) is 21.9. The molecule has 0 aliphatic carbocycles. The molecule has 0 spiro atoms. The van der Waals surface area contributed by atoms with Gasteiger partial charge in [-0.05, 0) is 86.1 Å². The van der Waals surface area contributed by atoms with Gasteiger partial charge in [0.2, 0.25) is 0 Å². The minimum Gasteiger partial charge on any atom is -0.165 e. The Hall–Kier alpha value is -2.80. The molecule has 0 aromatic heterocycles. The molecule has 0 atom stereocenters. The van der Waals surface area contributed by atoms with Crippen molar-refractivity contribution in [1.82, 2.24) is 0 Å². The number of benzene rings is 4. The quantitative estimate of drug-likeness (QED) is 0.130. The summed E-state index contributed by atoms with van der Waals surface area (Å²) in [4.78, 5) is 0. The number of aryl methyl sites for hydroxylation is 4. The zero-order chi connectivity index (χ0) is 29.8. The molecule has 0 saturated heterocycles. The molecular formula is C40H44SiZr. The Kier molecular flexibility index (Phi) is 11.7. The fraction of sp³-hybridized carbons (Fsp3) is 0.250. The van der Waals surface area contributed by atoms with Crippen molar-refractivity contribution in [3.05, 3.63) is 129 Å². The maximum atomic E-state index is 2.29. The zero-order valence-corrected chi connectivity index (χ0v) is 30.5. The molecule has 212 valence electrons. The van der Waals surface area contributed by atoms with Crippen LogP contribution in [0.2, 0.25) is 13.1 Å². The fourth-order valence-corrected chi connectivity index (χ4v) is 5.73. The van der Waals surface area contributed by atoms with Crippen LogP contribution in [0.5, 0.6) is 0 Å². The van der Waals surface area contributed by atoms with Gasteiger partial charge in [-0.1, -0.05) is 74.5 Å². The van der Waals surface area contributed by atoms with Crippen molar-refractivity contribution in [3.63, 3.8) is 0 Å². The Morgan fingerprint density at radius 3 is 1.17 bits per heavy atom. The molecule has 0 N–H and O–H groups in total. The third kappa shape index (κ3) is 7.04. The number of hydrogen-bond donors (Lipinski definition) is 0. The van der Waals surface area contributed by atoms with Gasteiger partial charge in [0.15, 0.2) is 0 Å². The van der Waals surface area contributed by atoms with E-state index in [0.717, 1.165) is 9.52 Å². The predicted molar refractivity (Wildman–Crippen MR) is 185 cm³/mol. The van der Waals surface area contributed by atoms with Gasteiger partial charge in [-0.2, -0.15) is 12.1 Å². The van der Waals surface area contributed by atoms with Gasteiger partial charge in [0, 0.05) is 9.52 Å². The monoisotopic (exact) mass is 642 g/mol. The van der Waals surface area contributed by atoms with Gasteiger partial charge >= 0.3 is 26.2 Å². The van der Waals surface area contributed by atoms with Crippen molar-refractivity contribution in [3.8, 4) is 22.3 Å². The third-order valence-corrected chi connectivity index (χ3v) is 8.49. The van der Waals surface area contributed by atoms with Crippen molar-refractivity contribution >= 4 is 31.1 Å². The van der Waals surface area contributed by atoms with Gasteiger partial charge in [-0.25, -0.2) is 0 Å². The Bertz CT molecular complexity index is 1680. The van der Waals surface area contributed by atoms with Crippen molar-refractivity contribution in [2.45, 2.75) is 68.5 Å². The van der Waals surface area contributed by atoms with Crippen LogP contribution in [-0.4, -0.2) is 9.52 Å². The molecule has 0 aliphatic rings. The minimum absolute atomic E-state index is 0. The topological polar surface area (TPSA) is 0 Å². The van der Waals surface area contributed by atoms with Crippen molar-refractivity contribution < 1.29 is 26.2 Å². The largest absolute Gasteiger partial charge is 2.00 e. The van der Waals surface area contributed by atoms with E-state index in [1.54, 1.807) is 0 Å². The average Bonchev–Trinajstić information content (AvgIpc) is 3.52. The van der Waals surface area contributed by atoms with Gasteiger partial charge in [0.1, 0.15) is 0 Å². The van der Waals surface area contributed by atoms with Crippen LogP contribution in [0.1, 0.15) is 44.5 Å². The van der Waals surface area contributed by atoms with E-state index in [9.17, 15) is 0 Å². The van der Waals surface area contributed by atoms with Crippen LogP contribution < -0.4 is 0 Å². The summed E-state index contributed by atoms with van der Waals surface area (Å²) >= 11 is 0. The number of rotatable bonds is 2. The molecule has 0 saturated carbocycles. The first-order valence-electron chi connectivity index (χ1n) is 14.6. The molecule has 0 aliphatic heterocycles. The van der Waals surface area contributed by atoms with E-state index < -0.39 is 0 Å². The van der Waals surface area contributed by atoms with E-state index in [1.165, 1.54) is 88.3 Å². The first-order chi connectivity index (χ1) is 19.6. The number of hydrogen-bond acceptors (Lipinski definition) is 0. The van der Waals surface area contributed by atoms with E-state index >= 15 is 0 Å². The van der Waals surface area contributed by atoms with Gasteiger partial charge in [-0.15, -0.1) is 69.1 Å². The maximum Gasteiger partial charge on any atom is 2.00 e. The average molecular weight is 644 g/mol. The standard InChI is InChI=1S/2C19H19.C2H6Si.Zr/c2*1-12-10-16-6-5-7-18(19(16)11-12)17-9-8-13(2)14(3)15(17)4;1-3-2;/h2*5-11H,1-4H3;1-2H3;/q2*-1;;+2. The van der Waals surface area contributed by atoms with Crippen LogP contribution in [0.15, 0.2) is 84.9 Å². The normalized spacial score (nSPS) is 10.5. The second kappa shape index (κ2) is 14.6. The zero-order valence-electron chi connectivity index (χ0n) is 27.1. The summed E-state index contributed by atoms with van der Waals surface area (Å²) in [6, 6.07) is 31.3. The van der Waals surface area contributed by atoms with Gasteiger partial charge in [0.05, 0.1) is 0 Å². The summed E-state index contributed by atoms with van der Waals surface area (Å²) in [6.07, 6.45) is 0.